The smallest absolute Gasteiger partial charge is 0.123 e. The van der Waals surface area contributed by atoms with Gasteiger partial charge in [-0.1, -0.05) is 12.1 Å². The SMILES string of the molecule is CC1(c2ccc(F)cc2)CCCCO1. The van der Waals surface area contributed by atoms with E-state index in [1.54, 1.807) is 0 Å². The summed E-state index contributed by atoms with van der Waals surface area (Å²) in [6.07, 6.45) is 3.35. The third kappa shape index (κ3) is 1.80. The van der Waals surface area contributed by atoms with E-state index >= 15 is 0 Å². The molecule has 0 radical (unpaired) electrons. The maximum Gasteiger partial charge on any atom is 0.123 e. The highest BCUT2D eigenvalue weighted by atomic mass is 19.1. The van der Waals surface area contributed by atoms with Crippen LogP contribution in [0.15, 0.2) is 24.3 Å². The normalized spacial score (nSPS) is 27.6. The fourth-order valence-electron chi connectivity index (χ4n) is 1.96. The standard InChI is InChI=1S/C12H15FO/c1-12(8-2-3-9-14-12)10-4-6-11(13)7-5-10/h4-7H,2-3,8-9H2,1H3. The average molecular weight is 194 g/mol. The summed E-state index contributed by atoms with van der Waals surface area (Å²) in [5.41, 5.74) is 0.880. The molecular formula is C12H15FO. The van der Waals surface area contributed by atoms with Crippen molar-refractivity contribution in [2.45, 2.75) is 31.8 Å². The lowest BCUT2D eigenvalue weighted by Crippen LogP contribution is -2.30. The molecule has 0 N–H and O–H groups in total. The summed E-state index contributed by atoms with van der Waals surface area (Å²) in [6.45, 7) is 2.90. The number of rotatable bonds is 1. The van der Waals surface area contributed by atoms with Crippen LogP contribution in [-0.2, 0) is 10.3 Å². The lowest BCUT2D eigenvalue weighted by molar-refractivity contribution is -0.0701. The van der Waals surface area contributed by atoms with Crippen LogP contribution in [0.4, 0.5) is 4.39 Å². The van der Waals surface area contributed by atoms with Crippen molar-refractivity contribution < 1.29 is 9.13 Å². The van der Waals surface area contributed by atoms with E-state index < -0.39 is 0 Å². The fourth-order valence-corrected chi connectivity index (χ4v) is 1.96. The first kappa shape index (κ1) is 9.66. The minimum atomic E-state index is -0.202. The Morgan fingerprint density at radius 3 is 2.50 bits per heavy atom. The number of ether oxygens (including phenoxy) is 1. The van der Waals surface area contributed by atoms with Gasteiger partial charge in [0.15, 0.2) is 0 Å². The molecule has 0 saturated carbocycles. The second kappa shape index (κ2) is 3.70. The van der Waals surface area contributed by atoms with Crippen LogP contribution in [0.5, 0.6) is 0 Å². The summed E-state index contributed by atoms with van der Waals surface area (Å²) in [5.74, 6) is -0.187. The molecule has 1 heterocycles. The van der Waals surface area contributed by atoms with E-state index in [0.717, 1.165) is 25.0 Å². The molecule has 1 unspecified atom stereocenters. The van der Waals surface area contributed by atoms with Gasteiger partial charge in [-0.05, 0) is 43.9 Å². The van der Waals surface area contributed by atoms with Gasteiger partial charge in [0.25, 0.3) is 0 Å². The molecule has 1 atom stereocenters. The van der Waals surface area contributed by atoms with Gasteiger partial charge in [-0.15, -0.1) is 0 Å². The zero-order valence-electron chi connectivity index (χ0n) is 8.42. The molecule has 1 aliphatic rings. The van der Waals surface area contributed by atoms with Crippen LogP contribution in [-0.4, -0.2) is 6.61 Å². The van der Waals surface area contributed by atoms with Crippen molar-refractivity contribution in [3.8, 4) is 0 Å². The van der Waals surface area contributed by atoms with Crippen LogP contribution in [0.2, 0.25) is 0 Å². The van der Waals surface area contributed by atoms with E-state index in [0.29, 0.717) is 0 Å². The highest BCUT2D eigenvalue weighted by Crippen LogP contribution is 2.34. The number of hydrogen-bond acceptors (Lipinski definition) is 1. The molecule has 0 bridgehead atoms. The second-order valence-electron chi connectivity index (χ2n) is 4.04. The van der Waals surface area contributed by atoms with Gasteiger partial charge in [0.1, 0.15) is 5.82 Å². The summed E-state index contributed by atoms with van der Waals surface area (Å²) in [5, 5.41) is 0. The van der Waals surface area contributed by atoms with Crippen molar-refractivity contribution >= 4 is 0 Å². The van der Waals surface area contributed by atoms with Gasteiger partial charge in [-0.25, -0.2) is 4.39 Å². The van der Waals surface area contributed by atoms with E-state index in [1.165, 1.54) is 18.6 Å². The van der Waals surface area contributed by atoms with E-state index in [4.69, 9.17) is 4.74 Å². The zero-order chi connectivity index (χ0) is 10.0. The van der Waals surface area contributed by atoms with Crippen LogP contribution >= 0.6 is 0 Å². The third-order valence-electron chi connectivity index (χ3n) is 2.92. The largest absolute Gasteiger partial charge is 0.371 e. The fraction of sp³-hybridized carbons (Fsp3) is 0.500. The van der Waals surface area contributed by atoms with Crippen molar-refractivity contribution in [1.29, 1.82) is 0 Å². The van der Waals surface area contributed by atoms with Crippen LogP contribution in [0.25, 0.3) is 0 Å². The minimum absolute atomic E-state index is 0.187. The molecule has 1 aliphatic heterocycles. The van der Waals surface area contributed by atoms with E-state index in [9.17, 15) is 4.39 Å². The quantitative estimate of drug-likeness (QED) is 0.666. The highest BCUT2D eigenvalue weighted by Gasteiger charge is 2.29. The van der Waals surface area contributed by atoms with Gasteiger partial charge in [0, 0.05) is 6.61 Å². The summed E-state index contributed by atoms with van der Waals surface area (Å²) in [6, 6.07) is 6.64. The lowest BCUT2D eigenvalue weighted by atomic mass is 9.88. The van der Waals surface area contributed by atoms with Gasteiger partial charge in [0.05, 0.1) is 5.60 Å². The zero-order valence-corrected chi connectivity index (χ0v) is 8.42. The monoisotopic (exact) mass is 194 g/mol. The van der Waals surface area contributed by atoms with Gasteiger partial charge in [-0.3, -0.25) is 0 Å². The molecule has 1 aromatic rings. The Morgan fingerprint density at radius 1 is 1.21 bits per heavy atom. The molecule has 1 aromatic carbocycles. The molecule has 2 rings (SSSR count). The Hall–Kier alpha value is -0.890. The van der Waals surface area contributed by atoms with Gasteiger partial charge >= 0.3 is 0 Å². The van der Waals surface area contributed by atoms with Gasteiger partial charge in [0.2, 0.25) is 0 Å². The first-order chi connectivity index (χ1) is 6.71. The Kier molecular flexibility index (Phi) is 2.55. The molecule has 0 spiro atoms. The van der Waals surface area contributed by atoms with E-state index in [2.05, 4.69) is 6.92 Å². The number of hydrogen-bond donors (Lipinski definition) is 0. The predicted molar refractivity (Wildman–Crippen MR) is 53.6 cm³/mol. The summed E-state index contributed by atoms with van der Waals surface area (Å²) in [4.78, 5) is 0. The summed E-state index contributed by atoms with van der Waals surface area (Å²) in [7, 11) is 0. The van der Waals surface area contributed by atoms with Crippen molar-refractivity contribution in [2.24, 2.45) is 0 Å². The second-order valence-corrected chi connectivity index (χ2v) is 4.04. The van der Waals surface area contributed by atoms with Crippen LogP contribution < -0.4 is 0 Å². The molecule has 0 aliphatic carbocycles. The summed E-state index contributed by atoms with van der Waals surface area (Å²) < 4.78 is 18.5. The Morgan fingerprint density at radius 2 is 1.93 bits per heavy atom. The Labute approximate surface area is 83.9 Å². The maximum atomic E-state index is 12.7. The molecule has 0 aromatic heterocycles. The number of halogens is 1. The predicted octanol–water partition coefficient (Wildman–Crippen LogP) is 3.24. The molecule has 0 amide bonds. The lowest BCUT2D eigenvalue weighted by Gasteiger charge is -2.34. The van der Waals surface area contributed by atoms with Crippen molar-refractivity contribution in [3.05, 3.63) is 35.6 Å². The van der Waals surface area contributed by atoms with Crippen LogP contribution in [0.3, 0.4) is 0 Å². The molecule has 1 nitrogen and oxygen atoms in total. The Balaban J connectivity index is 2.23. The Bertz CT molecular complexity index is 299. The summed E-state index contributed by atoms with van der Waals surface area (Å²) >= 11 is 0. The first-order valence-corrected chi connectivity index (χ1v) is 5.11. The average Bonchev–Trinajstić information content (AvgIpc) is 2.19. The maximum absolute atomic E-state index is 12.7. The van der Waals surface area contributed by atoms with Crippen LogP contribution in [0.1, 0.15) is 31.7 Å². The molecule has 1 saturated heterocycles. The van der Waals surface area contributed by atoms with E-state index in [-0.39, 0.29) is 11.4 Å². The van der Waals surface area contributed by atoms with E-state index in [1.807, 2.05) is 12.1 Å². The molecule has 2 heteroatoms. The molecule has 1 fully saturated rings. The first-order valence-electron chi connectivity index (χ1n) is 5.11. The topological polar surface area (TPSA) is 9.23 Å². The number of benzene rings is 1. The van der Waals surface area contributed by atoms with Gasteiger partial charge in [-0.2, -0.15) is 0 Å². The molecule has 14 heavy (non-hydrogen) atoms. The van der Waals surface area contributed by atoms with Gasteiger partial charge < -0.3 is 4.74 Å². The van der Waals surface area contributed by atoms with Crippen molar-refractivity contribution in [2.75, 3.05) is 6.61 Å². The van der Waals surface area contributed by atoms with Crippen molar-refractivity contribution in [1.82, 2.24) is 0 Å². The minimum Gasteiger partial charge on any atom is -0.371 e. The molecule has 76 valence electrons. The van der Waals surface area contributed by atoms with Crippen LogP contribution in [0, 0.1) is 5.82 Å². The van der Waals surface area contributed by atoms with Crippen molar-refractivity contribution in [3.63, 3.8) is 0 Å². The highest BCUT2D eigenvalue weighted by molar-refractivity contribution is 5.22. The molecular weight excluding hydrogens is 179 g/mol. The third-order valence-corrected chi connectivity index (χ3v) is 2.92.